The van der Waals surface area contributed by atoms with Crippen molar-refractivity contribution < 1.29 is 14.6 Å². The van der Waals surface area contributed by atoms with Gasteiger partial charge in [-0.3, -0.25) is 4.79 Å². The second-order valence-corrected chi connectivity index (χ2v) is 4.54. The van der Waals surface area contributed by atoms with Crippen LogP contribution < -0.4 is 5.32 Å². The molecule has 0 aromatic rings. The van der Waals surface area contributed by atoms with Gasteiger partial charge in [-0.25, -0.2) is 0 Å². The van der Waals surface area contributed by atoms with E-state index in [1.807, 2.05) is 6.92 Å². The lowest BCUT2D eigenvalue weighted by Crippen LogP contribution is -2.46. The predicted octanol–water partition coefficient (Wildman–Crippen LogP) is 1.22. The van der Waals surface area contributed by atoms with Crippen LogP contribution in [0.2, 0.25) is 0 Å². The summed E-state index contributed by atoms with van der Waals surface area (Å²) in [5.74, 6) is -0.173. The largest absolute Gasteiger partial charge is 0.466 e. The van der Waals surface area contributed by atoms with Crippen molar-refractivity contribution in [1.82, 2.24) is 5.32 Å². The molecule has 0 aliphatic heterocycles. The van der Waals surface area contributed by atoms with Crippen molar-refractivity contribution >= 4 is 5.97 Å². The van der Waals surface area contributed by atoms with Crippen LogP contribution in [0.15, 0.2) is 0 Å². The Hall–Kier alpha value is -0.610. The Morgan fingerprint density at radius 1 is 1.50 bits per heavy atom. The first-order valence-corrected chi connectivity index (χ1v) is 6.23. The van der Waals surface area contributed by atoms with E-state index in [9.17, 15) is 9.90 Å². The first-order valence-electron chi connectivity index (χ1n) is 6.23. The Kier molecular flexibility index (Phi) is 5.77. The fourth-order valence-corrected chi connectivity index (χ4v) is 2.20. The third-order valence-corrected chi connectivity index (χ3v) is 3.01. The SMILES string of the molecule is CCOC(=O)CC(C)NC1CCCCC1O. The summed E-state index contributed by atoms with van der Waals surface area (Å²) in [6.07, 6.45) is 4.22. The lowest BCUT2D eigenvalue weighted by Gasteiger charge is -2.30. The lowest BCUT2D eigenvalue weighted by atomic mass is 9.92. The minimum absolute atomic E-state index is 0.0665. The van der Waals surface area contributed by atoms with Gasteiger partial charge < -0.3 is 15.2 Å². The molecule has 1 fully saturated rings. The van der Waals surface area contributed by atoms with Crippen molar-refractivity contribution in [3.8, 4) is 0 Å². The first-order chi connectivity index (χ1) is 7.63. The van der Waals surface area contributed by atoms with E-state index in [1.54, 1.807) is 6.92 Å². The maximum Gasteiger partial charge on any atom is 0.307 e. The van der Waals surface area contributed by atoms with Crippen molar-refractivity contribution in [2.75, 3.05) is 6.61 Å². The third-order valence-electron chi connectivity index (χ3n) is 3.01. The number of nitrogens with one attached hydrogen (secondary N) is 1. The van der Waals surface area contributed by atoms with Crippen molar-refractivity contribution in [1.29, 1.82) is 0 Å². The smallest absolute Gasteiger partial charge is 0.307 e. The normalized spacial score (nSPS) is 27.4. The Balaban J connectivity index is 2.26. The molecule has 1 aliphatic carbocycles. The molecule has 0 spiro atoms. The number of aliphatic hydroxyl groups is 1. The number of rotatable bonds is 5. The molecule has 3 unspecified atom stereocenters. The van der Waals surface area contributed by atoms with Gasteiger partial charge in [0, 0.05) is 12.1 Å². The highest BCUT2D eigenvalue weighted by atomic mass is 16.5. The minimum atomic E-state index is -0.265. The molecule has 1 rings (SSSR count). The Morgan fingerprint density at radius 3 is 2.81 bits per heavy atom. The van der Waals surface area contributed by atoms with Crippen molar-refractivity contribution in [3.05, 3.63) is 0 Å². The number of aliphatic hydroxyl groups excluding tert-OH is 1. The topological polar surface area (TPSA) is 58.6 Å². The molecule has 4 nitrogen and oxygen atoms in total. The molecule has 1 saturated carbocycles. The van der Waals surface area contributed by atoms with Crippen molar-refractivity contribution in [2.24, 2.45) is 0 Å². The summed E-state index contributed by atoms with van der Waals surface area (Å²) in [4.78, 5) is 11.3. The summed E-state index contributed by atoms with van der Waals surface area (Å²) in [7, 11) is 0. The zero-order chi connectivity index (χ0) is 12.0. The van der Waals surface area contributed by atoms with Gasteiger partial charge in [-0.15, -0.1) is 0 Å². The second-order valence-electron chi connectivity index (χ2n) is 4.54. The van der Waals surface area contributed by atoms with E-state index in [1.165, 1.54) is 0 Å². The number of ether oxygens (including phenoxy) is 1. The van der Waals surface area contributed by atoms with Crippen LogP contribution in [0.1, 0.15) is 46.0 Å². The molecule has 0 aromatic heterocycles. The van der Waals surface area contributed by atoms with E-state index in [-0.39, 0.29) is 24.2 Å². The average Bonchev–Trinajstić information content (AvgIpc) is 2.21. The standard InChI is InChI=1S/C12H23NO3/c1-3-16-12(15)8-9(2)13-10-6-4-5-7-11(10)14/h9-11,13-14H,3-8H2,1-2H3. The van der Waals surface area contributed by atoms with Crippen LogP contribution in [-0.4, -0.2) is 35.9 Å². The van der Waals surface area contributed by atoms with Crippen molar-refractivity contribution in [3.63, 3.8) is 0 Å². The average molecular weight is 229 g/mol. The monoisotopic (exact) mass is 229 g/mol. The zero-order valence-electron chi connectivity index (χ0n) is 10.2. The maximum absolute atomic E-state index is 11.3. The predicted molar refractivity (Wildman–Crippen MR) is 62.1 cm³/mol. The Labute approximate surface area is 97.4 Å². The summed E-state index contributed by atoms with van der Waals surface area (Å²) in [6.45, 7) is 4.19. The molecular weight excluding hydrogens is 206 g/mol. The molecule has 0 amide bonds. The summed E-state index contributed by atoms with van der Waals surface area (Å²) in [5.41, 5.74) is 0. The molecule has 2 N–H and O–H groups in total. The quantitative estimate of drug-likeness (QED) is 0.696. The molecule has 0 heterocycles. The van der Waals surface area contributed by atoms with Crippen LogP contribution in [0, 0.1) is 0 Å². The summed E-state index contributed by atoms with van der Waals surface area (Å²) in [6, 6.07) is 0.204. The molecule has 3 atom stereocenters. The van der Waals surface area contributed by atoms with E-state index in [2.05, 4.69) is 5.32 Å². The Bertz CT molecular complexity index is 220. The van der Waals surface area contributed by atoms with Gasteiger partial charge in [0.1, 0.15) is 0 Å². The summed E-state index contributed by atoms with van der Waals surface area (Å²) in [5, 5.41) is 13.1. The highest BCUT2D eigenvalue weighted by Gasteiger charge is 2.24. The Morgan fingerprint density at radius 2 is 2.19 bits per heavy atom. The number of hydrogen-bond donors (Lipinski definition) is 2. The molecule has 94 valence electrons. The summed E-state index contributed by atoms with van der Waals surface area (Å²) >= 11 is 0. The van der Waals surface area contributed by atoms with Gasteiger partial charge in [0.05, 0.1) is 19.1 Å². The molecule has 4 heteroatoms. The minimum Gasteiger partial charge on any atom is -0.466 e. The van der Waals surface area contributed by atoms with Crippen LogP contribution in [0.3, 0.4) is 0 Å². The first kappa shape index (κ1) is 13.5. The van der Waals surface area contributed by atoms with Gasteiger partial charge in [0.2, 0.25) is 0 Å². The van der Waals surface area contributed by atoms with Crippen LogP contribution in [-0.2, 0) is 9.53 Å². The summed E-state index contributed by atoms with van der Waals surface area (Å²) < 4.78 is 4.89. The van der Waals surface area contributed by atoms with Crippen LogP contribution in [0.5, 0.6) is 0 Å². The maximum atomic E-state index is 11.3. The molecule has 0 bridgehead atoms. The zero-order valence-corrected chi connectivity index (χ0v) is 10.2. The van der Waals surface area contributed by atoms with Gasteiger partial charge in [-0.2, -0.15) is 0 Å². The van der Waals surface area contributed by atoms with Gasteiger partial charge in [0.25, 0.3) is 0 Å². The molecular formula is C12H23NO3. The van der Waals surface area contributed by atoms with E-state index in [0.717, 1.165) is 25.7 Å². The van der Waals surface area contributed by atoms with E-state index < -0.39 is 0 Å². The molecule has 0 saturated heterocycles. The van der Waals surface area contributed by atoms with Crippen LogP contribution >= 0.6 is 0 Å². The number of hydrogen-bond acceptors (Lipinski definition) is 4. The molecule has 0 aromatic carbocycles. The fraction of sp³-hybridized carbons (Fsp3) is 0.917. The van der Waals surface area contributed by atoms with E-state index in [0.29, 0.717) is 13.0 Å². The van der Waals surface area contributed by atoms with Crippen LogP contribution in [0.4, 0.5) is 0 Å². The van der Waals surface area contributed by atoms with Gasteiger partial charge >= 0.3 is 5.97 Å². The number of esters is 1. The van der Waals surface area contributed by atoms with Crippen molar-refractivity contribution in [2.45, 2.75) is 64.1 Å². The lowest BCUT2D eigenvalue weighted by molar-refractivity contribution is -0.143. The van der Waals surface area contributed by atoms with Crippen LogP contribution in [0.25, 0.3) is 0 Å². The second kappa shape index (κ2) is 6.86. The molecule has 1 aliphatic rings. The third kappa shape index (κ3) is 4.49. The van der Waals surface area contributed by atoms with E-state index in [4.69, 9.17) is 4.74 Å². The number of carbonyl (C=O) groups is 1. The van der Waals surface area contributed by atoms with E-state index >= 15 is 0 Å². The molecule has 0 radical (unpaired) electrons. The fourth-order valence-electron chi connectivity index (χ4n) is 2.20. The highest BCUT2D eigenvalue weighted by Crippen LogP contribution is 2.19. The molecule has 16 heavy (non-hydrogen) atoms. The number of carbonyl (C=O) groups excluding carboxylic acids is 1. The highest BCUT2D eigenvalue weighted by molar-refractivity contribution is 5.70. The van der Waals surface area contributed by atoms with Gasteiger partial charge in [0.15, 0.2) is 0 Å². The van der Waals surface area contributed by atoms with Gasteiger partial charge in [-0.05, 0) is 26.7 Å². The van der Waals surface area contributed by atoms with Gasteiger partial charge in [-0.1, -0.05) is 12.8 Å².